The van der Waals surface area contributed by atoms with Crippen molar-refractivity contribution < 1.29 is 18.3 Å². The second kappa shape index (κ2) is 6.97. The van der Waals surface area contributed by atoms with E-state index >= 15 is 0 Å². The van der Waals surface area contributed by atoms with E-state index in [1.807, 2.05) is 0 Å². The number of alkyl halides is 2. The summed E-state index contributed by atoms with van der Waals surface area (Å²) in [7, 11) is 0. The first kappa shape index (κ1) is 15.8. The molecule has 1 saturated heterocycles. The smallest absolute Gasteiger partial charge is 0.387 e. The van der Waals surface area contributed by atoms with Crippen LogP contribution in [0.15, 0.2) is 29.4 Å². The van der Waals surface area contributed by atoms with Crippen molar-refractivity contribution in [3.8, 4) is 5.75 Å². The van der Waals surface area contributed by atoms with E-state index in [2.05, 4.69) is 20.0 Å². The van der Waals surface area contributed by atoms with Crippen LogP contribution in [0.4, 0.5) is 8.78 Å². The Morgan fingerprint density at radius 3 is 2.87 bits per heavy atom. The molecule has 1 atom stereocenters. The molecule has 1 aliphatic rings. The normalized spacial score (nSPS) is 18.1. The quantitative estimate of drug-likeness (QED) is 0.670. The molecule has 6 nitrogen and oxygen atoms in total. The summed E-state index contributed by atoms with van der Waals surface area (Å²) < 4.78 is 36.0. The highest BCUT2D eigenvalue weighted by Crippen LogP contribution is 2.27. The molecule has 2 aromatic rings. The summed E-state index contributed by atoms with van der Waals surface area (Å²) in [5.41, 5.74) is 0.716. The SMILES string of the molecule is FC(F)Oc1ccc(/C=N\n2c([C@H]3CCCO3)n[nH]c2=S)cc1. The second-order valence-corrected chi connectivity index (χ2v) is 5.28. The van der Waals surface area contributed by atoms with Gasteiger partial charge in [-0.1, -0.05) is 0 Å². The standard InChI is InChI=1S/C14H14F2N4O2S/c15-13(16)22-10-5-3-9(4-6-10)8-17-20-12(18-19-14(20)23)11-2-1-7-21-11/h3-6,8,11,13H,1-2,7H2,(H,19,23)/b17-8-/t11-/m1/s1. The summed E-state index contributed by atoms with van der Waals surface area (Å²) in [6.45, 7) is -2.15. The highest BCUT2D eigenvalue weighted by Gasteiger charge is 2.23. The number of hydrogen-bond acceptors (Lipinski definition) is 5. The molecular weight excluding hydrogens is 326 g/mol. The van der Waals surface area contributed by atoms with Gasteiger partial charge in [0, 0.05) is 6.61 Å². The number of hydrogen-bond donors (Lipinski definition) is 1. The maximum absolute atomic E-state index is 12.1. The molecule has 2 heterocycles. The summed E-state index contributed by atoms with van der Waals surface area (Å²) in [4.78, 5) is 0. The van der Waals surface area contributed by atoms with Crippen LogP contribution >= 0.6 is 12.2 Å². The molecule has 1 fully saturated rings. The number of benzene rings is 1. The molecule has 23 heavy (non-hydrogen) atoms. The third-order valence-electron chi connectivity index (χ3n) is 3.32. The van der Waals surface area contributed by atoms with Crippen LogP contribution in [0.5, 0.6) is 5.75 Å². The highest BCUT2D eigenvalue weighted by molar-refractivity contribution is 7.71. The van der Waals surface area contributed by atoms with E-state index < -0.39 is 6.61 Å². The predicted molar refractivity (Wildman–Crippen MR) is 81.4 cm³/mol. The van der Waals surface area contributed by atoms with Crippen LogP contribution < -0.4 is 4.74 Å². The Hall–Kier alpha value is -2.13. The lowest BCUT2D eigenvalue weighted by molar-refractivity contribution is -0.0498. The first-order valence-electron chi connectivity index (χ1n) is 7.01. The lowest BCUT2D eigenvalue weighted by Crippen LogP contribution is -2.05. The van der Waals surface area contributed by atoms with Gasteiger partial charge < -0.3 is 9.47 Å². The molecular formula is C14H14F2N4O2S. The second-order valence-electron chi connectivity index (χ2n) is 4.89. The fraction of sp³-hybridized carbons (Fsp3) is 0.357. The molecule has 0 unspecified atom stereocenters. The van der Waals surface area contributed by atoms with Crippen molar-refractivity contribution in [2.24, 2.45) is 5.10 Å². The molecule has 3 rings (SSSR count). The highest BCUT2D eigenvalue weighted by atomic mass is 32.1. The van der Waals surface area contributed by atoms with E-state index in [4.69, 9.17) is 17.0 Å². The number of nitrogens with zero attached hydrogens (tertiary/aromatic N) is 3. The van der Waals surface area contributed by atoms with Crippen molar-refractivity contribution in [3.63, 3.8) is 0 Å². The van der Waals surface area contributed by atoms with E-state index in [0.29, 0.717) is 22.8 Å². The number of ether oxygens (including phenoxy) is 2. The van der Waals surface area contributed by atoms with Gasteiger partial charge in [-0.3, -0.25) is 5.10 Å². The zero-order chi connectivity index (χ0) is 16.2. The fourth-order valence-corrected chi connectivity index (χ4v) is 2.45. The molecule has 0 radical (unpaired) electrons. The van der Waals surface area contributed by atoms with Gasteiger partial charge in [-0.05, 0) is 54.9 Å². The van der Waals surface area contributed by atoms with Crippen LogP contribution in [0, 0.1) is 4.77 Å². The minimum atomic E-state index is -2.84. The van der Waals surface area contributed by atoms with Crippen LogP contribution in [0.1, 0.15) is 30.3 Å². The Bertz CT molecular complexity index is 736. The number of nitrogens with one attached hydrogen (secondary N) is 1. The zero-order valence-corrected chi connectivity index (χ0v) is 12.8. The lowest BCUT2D eigenvalue weighted by Gasteiger charge is -2.07. The van der Waals surface area contributed by atoms with Crippen molar-refractivity contribution in [1.29, 1.82) is 0 Å². The molecule has 0 amide bonds. The molecule has 9 heteroatoms. The Morgan fingerprint density at radius 1 is 1.43 bits per heavy atom. The maximum Gasteiger partial charge on any atom is 0.387 e. The topological polar surface area (TPSA) is 64.4 Å². The average Bonchev–Trinajstić information content (AvgIpc) is 3.16. The van der Waals surface area contributed by atoms with Crippen LogP contribution in [0.3, 0.4) is 0 Å². The van der Waals surface area contributed by atoms with E-state index in [-0.39, 0.29) is 11.9 Å². The third-order valence-corrected chi connectivity index (χ3v) is 3.58. The fourth-order valence-electron chi connectivity index (χ4n) is 2.26. The van der Waals surface area contributed by atoms with Gasteiger partial charge in [0.2, 0.25) is 4.77 Å². The Balaban J connectivity index is 1.77. The number of aromatic nitrogens is 3. The number of rotatable bonds is 5. The molecule has 1 N–H and O–H groups in total. The molecule has 122 valence electrons. The van der Waals surface area contributed by atoms with Crippen molar-refractivity contribution >= 4 is 18.4 Å². The summed E-state index contributed by atoms with van der Waals surface area (Å²) in [6.07, 6.45) is 3.28. The lowest BCUT2D eigenvalue weighted by atomic mass is 10.2. The molecule has 0 spiro atoms. The number of halogens is 2. The van der Waals surface area contributed by atoms with E-state index in [1.54, 1.807) is 18.3 Å². The molecule has 0 saturated carbocycles. The van der Waals surface area contributed by atoms with Crippen molar-refractivity contribution in [2.45, 2.75) is 25.6 Å². The molecule has 1 aliphatic heterocycles. The van der Waals surface area contributed by atoms with E-state index in [9.17, 15) is 8.78 Å². The van der Waals surface area contributed by atoms with Gasteiger partial charge in [0.15, 0.2) is 5.82 Å². The minimum Gasteiger partial charge on any atom is -0.435 e. The first-order valence-corrected chi connectivity index (χ1v) is 7.42. The van der Waals surface area contributed by atoms with Crippen LogP contribution in [0.25, 0.3) is 0 Å². The van der Waals surface area contributed by atoms with Crippen LogP contribution in [-0.4, -0.2) is 34.3 Å². The Kier molecular flexibility index (Phi) is 4.77. The van der Waals surface area contributed by atoms with Gasteiger partial charge in [-0.15, -0.1) is 0 Å². The molecule has 1 aromatic carbocycles. The van der Waals surface area contributed by atoms with Gasteiger partial charge in [-0.2, -0.15) is 23.7 Å². The molecule has 0 aliphatic carbocycles. The minimum absolute atomic E-state index is 0.0946. The summed E-state index contributed by atoms with van der Waals surface area (Å²) in [5, 5.41) is 11.2. The van der Waals surface area contributed by atoms with Gasteiger partial charge >= 0.3 is 6.61 Å². The van der Waals surface area contributed by atoms with Gasteiger partial charge in [0.05, 0.1) is 6.21 Å². The largest absolute Gasteiger partial charge is 0.435 e. The summed E-state index contributed by atoms with van der Waals surface area (Å²) >= 11 is 5.16. The monoisotopic (exact) mass is 340 g/mol. The van der Waals surface area contributed by atoms with Gasteiger partial charge in [0.1, 0.15) is 11.9 Å². The van der Waals surface area contributed by atoms with E-state index in [0.717, 1.165) is 12.8 Å². The first-order chi connectivity index (χ1) is 11.1. The van der Waals surface area contributed by atoms with Crippen LogP contribution in [-0.2, 0) is 4.74 Å². The van der Waals surface area contributed by atoms with Crippen molar-refractivity contribution in [3.05, 3.63) is 40.4 Å². The zero-order valence-electron chi connectivity index (χ0n) is 12.0. The average molecular weight is 340 g/mol. The Labute approximate surface area is 135 Å². The van der Waals surface area contributed by atoms with Crippen LogP contribution in [0.2, 0.25) is 0 Å². The predicted octanol–water partition coefficient (Wildman–Crippen LogP) is 3.28. The van der Waals surface area contributed by atoms with Gasteiger partial charge in [-0.25, -0.2) is 0 Å². The molecule has 0 bridgehead atoms. The van der Waals surface area contributed by atoms with Crippen molar-refractivity contribution in [1.82, 2.24) is 14.9 Å². The number of H-pyrrole nitrogens is 1. The third kappa shape index (κ3) is 3.80. The van der Waals surface area contributed by atoms with Crippen molar-refractivity contribution in [2.75, 3.05) is 6.61 Å². The maximum atomic E-state index is 12.1. The summed E-state index contributed by atoms with van der Waals surface area (Å²) in [5.74, 6) is 0.721. The molecule has 1 aromatic heterocycles. The van der Waals surface area contributed by atoms with Gasteiger partial charge in [0.25, 0.3) is 0 Å². The van der Waals surface area contributed by atoms with E-state index in [1.165, 1.54) is 16.8 Å². The number of aromatic amines is 1. The Morgan fingerprint density at radius 2 is 2.22 bits per heavy atom. The summed E-state index contributed by atoms with van der Waals surface area (Å²) in [6, 6.07) is 6.14.